The normalized spacial score (nSPS) is 25.4. The highest BCUT2D eigenvalue weighted by Crippen LogP contribution is 2.49. The van der Waals surface area contributed by atoms with E-state index in [1.165, 1.54) is 10.5 Å². The van der Waals surface area contributed by atoms with Crippen molar-refractivity contribution in [3.05, 3.63) is 101 Å². The molecule has 5 aliphatic heterocycles. The zero-order chi connectivity index (χ0) is 52.9. The van der Waals surface area contributed by atoms with Crippen LogP contribution in [0.15, 0.2) is 76.9 Å². The molecule has 6 aliphatic rings. The van der Waals surface area contributed by atoms with Gasteiger partial charge in [0.15, 0.2) is 5.76 Å². The number of β-amino-alcohol motifs (C(OH)–C–C–N with tert-alkyl or cyclic N) is 1. The summed E-state index contributed by atoms with van der Waals surface area (Å²) in [5, 5.41) is 35.9. The Morgan fingerprint density at radius 1 is 0.987 bits per heavy atom. The van der Waals surface area contributed by atoms with Gasteiger partial charge in [-0.15, -0.1) is 11.3 Å². The summed E-state index contributed by atoms with van der Waals surface area (Å²) in [7, 11) is 0. The molecular weight excluding hydrogens is 993 g/mol. The number of aromatic nitrogens is 5. The summed E-state index contributed by atoms with van der Waals surface area (Å²) in [6.07, 6.45) is 7.33. The number of likely N-dealkylation sites (tertiary alicyclic amines) is 1. The molecule has 4 aromatic heterocycles. The molecule has 7 aromatic rings. The van der Waals surface area contributed by atoms with Crippen molar-refractivity contribution in [2.75, 3.05) is 44.3 Å². The van der Waals surface area contributed by atoms with Crippen LogP contribution in [0.4, 0.5) is 5.82 Å². The highest BCUT2D eigenvalue weighted by atomic mass is 32.1. The molecule has 400 valence electrons. The number of hydrogen-bond acceptors (Lipinski definition) is 16. The molecule has 4 N–H and O–H groups in total. The van der Waals surface area contributed by atoms with Crippen LogP contribution in [-0.2, 0) is 9.59 Å². The molecule has 9 heterocycles. The monoisotopic (exact) mass is 1060 g/mol. The van der Waals surface area contributed by atoms with Crippen molar-refractivity contribution in [2.24, 2.45) is 5.92 Å². The quantitative estimate of drug-likeness (QED) is 0.0807. The van der Waals surface area contributed by atoms with Crippen LogP contribution in [0, 0.1) is 12.8 Å². The lowest BCUT2D eigenvalue weighted by Crippen LogP contribution is -2.51. The first-order valence-electron chi connectivity index (χ1n) is 27.5. The summed E-state index contributed by atoms with van der Waals surface area (Å²) in [5.41, 5.74) is 9.36. The highest BCUT2D eigenvalue weighted by Gasteiger charge is 2.51. The zero-order valence-corrected chi connectivity index (χ0v) is 45.1. The Hall–Kier alpha value is -6.73. The number of hydrogen-bond donors (Lipinski definition) is 4. The lowest BCUT2D eigenvalue weighted by Gasteiger charge is -2.36. The van der Waals surface area contributed by atoms with Gasteiger partial charge in [0.05, 0.1) is 50.4 Å². The first kappa shape index (κ1) is 49.8. The number of benzene rings is 3. The second-order valence-corrected chi connectivity index (χ2v) is 23.8. The summed E-state index contributed by atoms with van der Waals surface area (Å²) in [6.45, 7) is 13.5. The van der Waals surface area contributed by atoms with E-state index in [-0.39, 0.29) is 60.0 Å². The number of ether oxygens (including phenoxy) is 2. The molecule has 5 fully saturated rings. The van der Waals surface area contributed by atoms with E-state index in [1.54, 1.807) is 17.4 Å². The van der Waals surface area contributed by atoms with E-state index in [9.17, 15) is 19.8 Å². The van der Waals surface area contributed by atoms with E-state index < -0.39 is 18.1 Å². The number of carbonyl (C=O) groups excluding carboxylic acids is 2. The molecule has 0 spiro atoms. The minimum Gasteiger partial charge on any atom is -0.508 e. The van der Waals surface area contributed by atoms with Gasteiger partial charge in [-0.1, -0.05) is 63.2 Å². The minimum atomic E-state index is -0.848. The molecule has 9 atom stereocenters. The fraction of sp³-hybridized carbons (Fsp3) is 0.475. The molecule has 1 aliphatic carbocycles. The van der Waals surface area contributed by atoms with Gasteiger partial charge in [-0.3, -0.25) is 19.5 Å². The van der Waals surface area contributed by atoms with Gasteiger partial charge in [0.25, 0.3) is 5.88 Å². The number of nitrogens with zero attached hydrogens (tertiary/aromatic N) is 8. The second kappa shape index (κ2) is 19.6. The molecule has 0 radical (unpaired) electrons. The third-order valence-corrected chi connectivity index (χ3v) is 18.7. The number of nitrogens with one attached hydrogen (secondary N) is 2. The fourth-order valence-electron chi connectivity index (χ4n) is 13.9. The van der Waals surface area contributed by atoms with Crippen molar-refractivity contribution in [1.82, 2.24) is 45.5 Å². The van der Waals surface area contributed by atoms with Gasteiger partial charge in [-0.2, -0.15) is 9.97 Å². The Labute approximate surface area is 451 Å². The Morgan fingerprint density at radius 2 is 1.81 bits per heavy atom. The van der Waals surface area contributed by atoms with Crippen molar-refractivity contribution in [3.63, 3.8) is 0 Å². The number of pyridine rings is 1. The predicted octanol–water partition coefficient (Wildman–Crippen LogP) is 8.41. The maximum absolute atomic E-state index is 14.5. The van der Waals surface area contributed by atoms with Gasteiger partial charge < -0.3 is 44.6 Å². The Balaban J connectivity index is 0.697. The van der Waals surface area contributed by atoms with Gasteiger partial charge in [-0.25, -0.2) is 4.98 Å². The molecule has 17 nitrogen and oxygen atoms in total. The number of carbonyl (C=O) groups is 2. The number of rotatable bonds is 14. The molecule has 5 saturated heterocycles. The molecule has 4 unspecified atom stereocenters. The number of aliphatic hydroxyl groups excluding tert-OH is 1. The van der Waals surface area contributed by atoms with Crippen LogP contribution in [-0.4, -0.2) is 132 Å². The van der Waals surface area contributed by atoms with E-state index in [0.29, 0.717) is 42.9 Å². The van der Waals surface area contributed by atoms with E-state index >= 15 is 0 Å². The minimum absolute atomic E-state index is 0.0112. The van der Waals surface area contributed by atoms with Crippen LogP contribution in [0.5, 0.6) is 17.6 Å². The Kier molecular flexibility index (Phi) is 12.7. The van der Waals surface area contributed by atoms with Crippen molar-refractivity contribution < 1.29 is 33.8 Å². The number of phenols is 1. The number of amides is 2. The highest BCUT2D eigenvalue weighted by molar-refractivity contribution is 7.13. The fourth-order valence-corrected chi connectivity index (χ4v) is 14.7. The molecule has 77 heavy (non-hydrogen) atoms. The number of fused-ring (bicyclic) bond motifs is 7. The van der Waals surface area contributed by atoms with Crippen LogP contribution in [0.1, 0.15) is 119 Å². The summed E-state index contributed by atoms with van der Waals surface area (Å²) in [4.78, 5) is 56.0. The molecule has 3 aromatic carbocycles. The molecule has 2 amide bonds. The third-order valence-electron chi connectivity index (χ3n) is 17.7. The van der Waals surface area contributed by atoms with Crippen LogP contribution < -0.4 is 25.0 Å². The molecule has 18 heteroatoms. The van der Waals surface area contributed by atoms with E-state index in [1.807, 2.05) is 81.9 Å². The molecular formula is C59H66N10O7S. The number of anilines is 1. The average Bonchev–Trinajstić information content (AvgIpc) is 4.47. The average molecular weight is 1060 g/mol. The van der Waals surface area contributed by atoms with Gasteiger partial charge in [0.2, 0.25) is 11.8 Å². The maximum atomic E-state index is 14.5. The topological polar surface area (TPSA) is 204 Å². The summed E-state index contributed by atoms with van der Waals surface area (Å²) in [6, 6.07) is 19.8. The number of aliphatic hydroxyl groups is 1. The largest absolute Gasteiger partial charge is 0.508 e. The van der Waals surface area contributed by atoms with Crippen LogP contribution in [0.25, 0.3) is 43.4 Å². The van der Waals surface area contributed by atoms with Crippen molar-refractivity contribution >= 4 is 50.6 Å². The number of aryl methyl sites for hydroxylation is 1. The lowest BCUT2D eigenvalue weighted by atomic mass is 9.79. The Bertz CT molecular complexity index is 3410. The first-order valence-corrected chi connectivity index (χ1v) is 28.4. The van der Waals surface area contributed by atoms with Gasteiger partial charge >= 0.3 is 6.01 Å². The maximum Gasteiger partial charge on any atom is 0.319 e. The number of phenolic OH excluding ortho intramolecular Hbond substituents is 1. The van der Waals surface area contributed by atoms with Crippen LogP contribution in [0.2, 0.25) is 0 Å². The van der Waals surface area contributed by atoms with Crippen molar-refractivity contribution in [2.45, 2.75) is 133 Å². The van der Waals surface area contributed by atoms with Crippen molar-refractivity contribution in [1.29, 1.82) is 0 Å². The number of aromatic hydroxyl groups is 1. The first-order chi connectivity index (χ1) is 37.3. The molecule has 13 rings (SSSR count). The van der Waals surface area contributed by atoms with Crippen molar-refractivity contribution in [3.8, 4) is 39.3 Å². The standard InChI is InChI=1S/C59H66N10O7S/c1-31(2)49(57(73)68-27-42(71)22-46(68)56(72)62-33(4)35-10-12-36(13-11-35)54-34(5)61-30-77-54)47-23-48(66-76-47)74-28-40-16-18-59(17-7-19-69(40)59)29-75-58-64-53-45(55(65-58)67-25-38-14-15-39(26-67)63-38)24-60-52-44-21-41(70)20-37-8-6-9-43(51(37)44)32(3)50(52)53/h6,8-13,20-21,23-24,30-33,38-40,42,46,49,63,70-71H,7,14-19,22,25-29H2,1-5H3,(H,62,72)/t32?,33-,38?,39?,40?,42+,46-,49+,59+/m0/s1. The summed E-state index contributed by atoms with van der Waals surface area (Å²) >= 11 is 1.59. The van der Waals surface area contributed by atoms with Crippen LogP contribution in [0.3, 0.4) is 0 Å². The smallest absolute Gasteiger partial charge is 0.319 e. The Morgan fingerprint density at radius 3 is 2.58 bits per heavy atom. The van der Waals surface area contributed by atoms with Crippen LogP contribution >= 0.6 is 11.3 Å². The second-order valence-electron chi connectivity index (χ2n) is 22.9. The summed E-state index contributed by atoms with van der Waals surface area (Å²) in [5.74, 6) is 0.132. The van der Waals surface area contributed by atoms with E-state index in [2.05, 4.69) is 49.6 Å². The third kappa shape index (κ3) is 8.84. The molecule has 2 bridgehead atoms. The zero-order valence-electron chi connectivity index (χ0n) is 44.2. The number of thiazole rings is 1. The molecule has 0 saturated carbocycles. The van der Waals surface area contributed by atoms with Gasteiger partial charge in [0, 0.05) is 73.5 Å². The predicted molar refractivity (Wildman–Crippen MR) is 293 cm³/mol. The van der Waals surface area contributed by atoms with Gasteiger partial charge in [0.1, 0.15) is 36.7 Å². The summed E-state index contributed by atoms with van der Waals surface area (Å²) < 4.78 is 19.2. The van der Waals surface area contributed by atoms with Gasteiger partial charge in [-0.05, 0) is 110 Å². The number of piperazine rings is 1. The van der Waals surface area contributed by atoms with E-state index in [4.69, 9.17) is 28.9 Å². The SMILES string of the molecule is Cc1ncsc1-c1ccc([C@H](C)NC(=O)[C@@H]2C[C@@H](O)CN2C(=O)[C@@H](c2cc(OCC3CC[C@@]4(COc5nc(N6CC7CCC(C6)N7)c6cnc7c(c6n5)C(C)c5cccc6cc(O)cc-7c56)CCCN34)no2)C(C)C)cc1. The van der Waals surface area contributed by atoms with E-state index in [0.717, 1.165) is 124 Å². The lowest BCUT2D eigenvalue weighted by molar-refractivity contribution is -0.141.